The highest BCUT2D eigenvalue weighted by Crippen LogP contribution is 2.18. The van der Waals surface area contributed by atoms with Gasteiger partial charge in [0.2, 0.25) is 0 Å². The van der Waals surface area contributed by atoms with Crippen molar-refractivity contribution in [2.75, 3.05) is 0 Å². The average Bonchev–Trinajstić information content (AvgIpc) is 2.98. The summed E-state index contributed by atoms with van der Waals surface area (Å²) in [5, 5.41) is 8.08. The maximum absolute atomic E-state index is 12.9. The molecule has 4 nitrogen and oxygen atoms in total. The molecule has 1 heterocycles. The van der Waals surface area contributed by atoms with Gasteiger partial charge in [-0.2, -0.15) is 0 Å². The summed E-state index contributed by atoms with van der Waals surface area (Å²) >= 11 is 0. The quantitative estimate of drug-likeness (QED) is 0.685. The predicted molar refractivity (Wildman–Crippen MR) is 72.1 cm³/mol. The van der Waals surface area contributed by atoms with Crippen LogP contribution in [0.5, 0.6) is 0 Å². The molecule has 1 aromatic heterocycles. The Labute approximate surface area is 114 Å². The Morgan fingerprint density at radius 3 is 2.35 bits per heavy atom. The summed E-state index contributed by atoms with van der Waals surface area (Å²) in [6, 6.07) is 13.1. The first-order valence-electron chi connectivity index (χ1n) is 6.00. The minimum absolute atomic E-state index is 0.293. The molecule has 0 fully saturated rings. The molecular weight excluding hydrogens is 257 g/mol. The Bertz CT molecular complexity index is 733. The maximum atomic E-state index is 12.9. The first-order valence-corrected chi connectivity index (χ1v) is 6.00. The average molecular weight is 267 g/mol. The van der Waals surface area contributed by atoms with Gasteiger partial charge in [0.05, 0.1) is 11.9 Å². The monoisotopic (exact) mass is 267 g/mol. The van der Waals surface area contributed by atoms with Gasteiger partial charge in [-0.15, -0.1) is 5.10 Å². The number of hydrogen-bond acceptors (Lipinski definition) is 3. The van der Waals surface area contributed by atoms with Crippen LogP contribution in [0.15, 0.2) is 54.7 Å². The van der Waals surface area contributed by atoms with Crippen LogP contribution in [-0.4, -0.2) is 21.3 Å². The number of benzene rings is 2. The van der Waals surface area contributed by atoms with Gasteiger partial charge in [0, 0.05) is 11.1 Å². The molecule has 0 aliphatic heterocycles. The zero-order valence-corrected chi connectivity index (χ0v) is 10.4. The molecule has 0 unspecified atom stereocenters. The fourth-order valence-electron chi connectivity index (χ4n) is 1.85. The van der Waals surface area contributed by atoms with Crippen molar-refractivity contribution in [1.82, 2.24) is 15.0 Å². The van der Waals surface area contributed by atoms with Crippen molar-refractivity contribution >= 4 is 6.29 Å². The number of nitrogens with zero attached hydrogens (tertiary/aromatic N) is 3. The van der Waals surface area contributed by atoms with Gasteiger partial charge >= 0.3 is 0 Å². The van der Waals surface area contributed by atoms with E-state index in [0.717, 1.165) is 17.5 Å². The molecule has 5 heteroatoms. The number of halogens is 1. The van der Waals surface area contributed by atoms with Crippen molar-refractivity contribution < 1.29 is 9.18 Å². The fourth-order valence-corrected chi connectivity index (χ4v) is 1.85. The van der Waals surface area contributed by atoms with Crippen LogP contribution >= 0.6 is 0 Å². The van der Waals surface area contributed by atoms with Crippen molar-refractivity contribution in [1.29, 1.82) is 0 Å². The zero-order chi connectivity index (χ0) is 13.9. The molecule has 0 amide bonds. The van der Waals surface area contributed by atoms with Crippen LogP contribution in [0.2, 0.25) is 0 Å². The Kier molecular flexibility index (Phi) is 3.09. The molecule has 3 rings (SSSR count). The van der Waals surface area contributed by atoms with Crippen LogP contribution in [0, 0.1) is 5.82 Å². The third-order valence-corrected chi connectivity index (χ3v) is 2.93. The second-order valence-corrected chi connectivity index (χ2v) is 4.26. The van der Waals surface area contributed by atoms with Gasteiger partial charge in [0.15, 0.2) is 0 Å². The molecular formula is C15H10FN3O. The van der Waals surface area contributed by atoms with E-state index in [1.54, 1.807) is 35.1 Å². The SMILES string of the molecule is O=Cc1ccc(-c2cn(-c3ccc(F)cc3)nn2)cc1. The van der Waals surface area contributed by atoms with Crippen molar-refractivity contribution in [3.05, 3.63) is 66.1 Å². The molecule has 3 aromatic rings. The topological polar surface area (TPSA) is 47.8 Å². The lowest BCUT2D eigenvalue weighted by atomic mass is 10.1. The fraction of sp³-hybridized carbons (Fsp3) is 0. The largest absolute Gasteiger partial charge is 0.298 e. The molecule has 0 aliphatic rings. The normalized spacial score (nSPS) is 10.4. The molecule has 0 N–H and O–H groups in total. The summed E-state index contributed by atoms with van der Waals surface area (Å²) in [6.07, 6.45) is 2.54. The van der Waals surface area contributed by atoms with Crippen LogP contribution in [0.25, 0.3) is 16.9 Å². The van der Waals surface area contributed by atoms with E-state index in [1.165, 1.54) is 12.1 Å². The minimum Gasteiger partial charge on any atom is -0.298 e. The highest BCUT2D eigenvalue weighted by atomic mass is 19.1. The molecule has 0 saturated carbocycles. The van der Waals surface area contributed by atoms with Gasteiger partial charge in [-0.05, 0) is 24.3 Å². The Balaban J connectivity index is 1.92. The Hall–Kier alpha value is -2.82. The Morgan fingerprint density at radius 2 is 1.70 bits per heavy atom. The van der Waals surface area contributed by atoms with Gasteiger partial charge in [-0.3, -0.25) is 4.79 Å². The lowest BCUT2D eigenvalue weighted by Crippen LogP contribution is -1.94. The summed E-state index contributed by atoms with van der Waals surface area (Å²) in [5.74, 6) is -0.293. The van der Waals surface area contributed by atoms with E-state index < -0.39 is 0 Å². The number of aromatic nitrogens is 3. The number of aldehydes is 1. The summed E-state index contributed by atoms with van der Waals surface area (Å²) in [5.41, 5.74) is 2.89. The standard InChI is InChI=1S/C15H10FN3O/c16-13-5-7-14(8-6-13)19-9-15(17-18-19)12-3-1-11(10-20)2-4-12/h1-10H. The number of carbonyl (C=O) groups is 1. The minimum atomic E-state index is -0.293. The molecule has 98 valence electrons. The van der Waals surface area contributed by atoms with E-state index in [2.05, 4.69) is 10.3 Å². The molecule has 2 aromatic carbocycles. The van der Waals surface area contributed by atoms with E-state index >= 15 is 0 Å². The first-order chi connectivity index (χ1) is 9.76. The van der Waals surface area contributed by atoms with Crippen LogP contribution in [0.1, 0.15) is 10.4 Å². The number of carbonyl (C=O) groups excluding carboxylic acids is 1. The van der Waals surface area contributed by atoms with E-state index in [1.807, 2.05) is 12.1 Å². The van der Waals surface area contributed by atoms with Crippen LogP contribution in [0.3, 0.4) is 0 Å². The van der Waals surface area contributed by atoms with Crippen molar-refractivity contribution in [2.45, 2.75) is 0 Å². The molecule has 0 radical (unpaired) electrons. The summed E-state index contributed by atoms with van der Waals surface area (Å²) in [4.78, 5) is 10.6. The van der Waals surface area contributed by atoms with Crippen molar-refractivity contribution in [3.8, 4) is 16.9 Å². The van der Waals surface area contributed by atoms with Gasteiger partial charge in [-0.1, -0.05) is 29.5 Å². The predicted octanol–water partition coefficient (Wildman–Crippen LogP) is 2.89. The van der Waals surface area contributed by atoms with E-state index in [0.29, 0.717) is 11.3 Å². The highest BCUT2D eigenvalue weighted by Gasteiger charge is 2.05. The van der Waals surface area contributed by atoms with Crippen molar-refractivity contribution in [2.24, 2.45) is 0 Å². The molecule has 0 bridgehead atoms. The second kappa shape index (κ2) is 5.05. The van der Waals surface area contributed by atoms with Gasteiger partial charge < -0.3 is 0 Å². The lowest BCUT2D eigenvalue weighted by molar-refractivity contribution is 0.112. The highest BCUT2D eigenvalue weighted by molar-refractivity contribution is 5.76. The summed E-state index contributed by atoms with van der Waals surface area (Å²) in [7, 11) is 0. The zero-order valence-electron chi connectivity index (χ0n) is 10.4. The summed E-state index contributed by atoms with van der Waals surface area (Å²) in [6.45, 7) is 0. The van der Waals surface area contributed by atoms with Crippen LogP contribution in [0.4, 0.5) is 4.39 Å². The second-order valence-electron chi connectivity index (χ2n) is 4.26. The molecule has 0 atom stereocenters. The van der Waals surface area contributed by atoms with Gasteiger partial charge in [0.25, 0.3) is 0 Å². The number of hydrogen-bond donors (Lipinski definition) is 0. The molecule has 0 saturated heterocycles. The Morgan fingerprint density at radius 1 is 1.00 bits per heavy atom. The third kappa shape index (κ3) is 2.33. The van der Waals surface area contributed by atoms with Crippen LogP contribution < -0.4 is 0 Å². The number of rotatable bonds is 3. The van der Waals surface area contributed by atoms with Gasteiger partial charge in [0.1, 0.15) is 17.8 Å². The first kappa shape index (κ1) is 12.2. The van der Waals surface area contributed by atoms with E-state index in [-0.39, 0.29) is 5.82 Å². The molecule has 0 aliphatic carbocycles. The molecule has 20 heavy (non-hydrogen) atoms. The van der Waals surface area contributed by atoms with E-state index in [9.17, 15) is 9.18 Å². The molecule has 0 spiro atoms. The third-order valence-electron chi connectivity index (χ3n) is 2.93. The van der Waals surface area contributed by atoms with Gasteiger partial charge in [-0.25, -0.2) is 9.07 Å². The summed E-state index contributed by atoms with van der Waals surface area (Å²) < 4.78 is 14.4. The smallest absolute Gasteiger partial charge is 0.150 e. The maximum Gasteiger partial charge on any atom is 0.150 e. The van der Waals surface area contributed by atoms with E-state index in [4.69, 9.17) is 0 Å². The van der Waals surface area contributed by atoms with Crippen molar-refractivity contribution in [3.63, 3.8) is 0 Å². The van der Waals surface area contributed by atoms with Crippen LogP contribution in [-0.2, 0) is 0 Å². The lowest BCUT2D eigenvalue weighted by Gasteiger charge is -1.98.